The topological polar surface area (TPSA) is 31.2 Å². The number of para-hydroxylation sites is 1. The van der Waals surface area contributed by atoms with Gasteiger partial charge in [-0.15, -0.1) is 0 Å². The summed E-state index contributed by atoms with van der Waals surface area (Å²) < 4.78 is 2.14. The predicted octanol–water partition coefficient (Wildman–Crippen LogP) is 2.36. The number of hydrogen-bond acceptors (Lipinski definition) is 2. The molecule has 2 aliphatic heterocycles. The molecule has 0 saturated carbocycles. The third-order valence-electron chi connectivity index (χ3n) is 4.60. The Morgan fingerprint density at radius 3 is 2.95 bits per heavy atom. The molecule has 1 fully saturated rings. The monoisotopic (exact) mass is 269 g/mol. The average molecular weight is 269 g/mol. The molecule has 1 aromatic carbocycles. The first-order valence-electron chi connectivity index (χ1n) is 7.19. The van der Waals surface area contributed by atoms with E-state index in [2.05, 4.69) is 52.1 Å². The van der Waals surface area contributed by atoms with E-state index in [0.717, 1.165) is 13.1 Å². The Hall–Kier alpha value is -1.78. The van der Waals surface area contributed by atoms with E-state index in [1.165, 1.54) is 16.9 Å². The number of nitrogens with zero attached hydrogens (tertiary/aromatic N) is 3. The summed E-state index contributed by atoms with van der Waals surface area (Å²) >= 11 is 0. The third-order valence-corrected chi connectivity index (χ3v) is 4.60. The maximum atomic E-state index is 12.4. The van der Waals surface area contributed by atoms with Crippen LogP contribution in [-0.2, 0) is 6.54 Å². The molecular formula is C16H19N3O. The number of rotatable bonds is 0. The first-order valence-corrected chi connectivity index (χ1v) is 7.19. The number of piperazine rings is 1. The van der Waals surface area contributed by atoms with Gasteiger partial charge in [0.1, 0.15) is 12.6 Å². The molecule has 0 bridgehead atoms. The Bertz CT molecular complexity index is 647. The zero-order valence-corrected chi connectivity index (χ0v) is 11.7. The van der Waals surface area contributed by atoms with E-state index in [1.807, 2.05) is 0 Å². The van der Waals surface area contributed by atoms with Crippen LogP contribution in [0, 0.1) is 5.21 Å². The van der Waals surface area contributed by atoms with Crippen LogP contribution in [0.4, 0.5) is 5.69 Å². The van der Waals surface area contributed by atoms with Crippen molar-refractivity contribution in [2.45, 2.75) is 12.6 Å². The molecule has 2 aromatic rings. The maximum absolute atomic E-state index is 12.4. The largest absolute Gasteiger partial charge is 0.633 e. The molecular weight excluding hydrogens is 250 g/mol. The van der Waals surface area contributed by atoms with E-state index in [0.29, 0.717) is 13.1 Å². The number of quaternary nitrogens is 1. The normalized spacial score (nSPS) is 28.3. The highest BCUT2D eigenvalue weighted by atomic mass is 16.5. The zero-order chi connectivity index (χ0) is 13.7. The van der Waals surface area contributed by atoms with Crippen LogP contribution in [0.5, 0.6) is 0 Å². The molecule has 104 valence electrons. The predicted molar refractivity (Wildman–Crippen MR) is 79.3 cm³/mol. The van der Waals surface area contributed by atoms with Gasteiger partial charge in [-0.05, 0) is 23.8 Å². The van der Waals surface area contributed by atoms with Gasteiger partial charge in [0.05, 0.1) is 20.1 Å². The molecule has 2 aliphatic rings. The minimum Gasteiger partial charge on any atom is -0.633 e. The molecule has 4 nitrogen and oxygen atoms in total. The van der Waals surface area contributed by atoms with Gasteiger partial charge in [0, 0.05) is 24.1 Å². The summed E-state index contributed by atoms with van der Waals surface area (Å²) in [6, 6.07) is 13.0. The number of hydrogen-bond donors (Lipinski definition) is 0. The Morgan fingerprint density at radius 2 is 2.05 bits per heavy atom. The zero-order valence-electron chi connectivity index (χ0n) is 11.7. The Morgan fingerprint density at radius 1 is 1.20 bits per heavy atom. The lowest BCUT2D eigenvalue weighted by atomic mass is 10.1. The molecule has 0 amide bonds. The molecule has 4 heteroatoms. The SMILES string of the molecule is C[N+]1([O-])CCN2c3ccccc3Cn3cccc3C2C1. The van der Waals surface area contributed by atoms with Crippen molar-refractivity contribution < 1.29 is 4.65 Å². The lowest BCUT2D eigenvalue weighted by Crippen LogP contribution is -2.55. The number of fused-ring (bicyclic) bond motifs is 5. The molecule has 1 saturated heterocycles. The number of anilines is 1. The van der Waals surface area contributed by atoms with Crippen LogP contribution in [0.25, 0.3) is 0 Å². The van der Waals surface area contributed by atoms with Crippen molar-refractivity contribution in [3.63, 3.8) is 0 Å². The summed E-state index contributed by atoms with van der Waals surface area (Å²) in [5.74, 6) is 0. The maximum Gasteiger partial charge on any atom is 0.119 e. The third kappa shape index (κ3) is 1.76. The van der Waals surface area contributed by atoms with E-state index in [4.69, 9.17) is 0 Å². The van der Waals surface area contributed by atoms with Crippen molar-refractivity contribution in [1.29, 1.82) is 0 Å². The molecule has 2 atom stereocenters. The Kier molecular flexibility index (Phi) is 2.46. The summed E-state index contributed by atoms with van der Waals surface area (Å²) in [6.45, 7) is 3.00. The van der Waals surface area contributed by atoms with Crippen LogP contribution >= 0.6 is 0 Å². The quantitative estimate of drug-likeness (QED) is 0.543. The van der Waals surface area contributed by atoms with Crippen LogP contribution in [0.15, 0.2) is 42.6 Å². The van der Waals surface area contributed by atoms with E-state index < -0.39 is 0 Å². The van der Waals surface area contributed by atoms with Crippen molar-refractivity contribution in [2.24, 2.45) is 0 Å². The van der Waals surface area contributed by atoms with E-state index in [1.54, 1.807) is 7.05 Å². The molecule has 1 aromatic heterocycles. The van der Waals surface area contributed by atoms with Gasteiger partial charge in [0.2, 0.25) is 0 Å². The second-order valence-corrected chi connectivity index (χ2v) is 6.10. The van der Waals surface area contributed by atoms with Crippen molar-refractivity contribution in [1.82, 2.24) is 4.57 Å². The summed E-state index contributed by atoms with van der Waals surface area (Å²) in [5.41, 5.74) is 3.90. The number of aromatic nitrogens is 1. The number of likely N-dealkylation sites (N-methyl/N-ethyl adjacent to an activating group) is 1. The highest BCUT2D eigenvalue weighted by molar-refractivity contribution is 5.57. The Balaban J connectivity index is 1.88. The van der Waals surface area contributed by atoms with E-state index >= 15 is 0 Å². The highest BCUT2D eigenvalue weighted by Gasteiger charge is 2.36. The first kappa shape index (κ1) is 12.0. The van der Waals surface area contributed by atoms with Crippen molar-refractivity contribution in [3.8, 4) is 0 Å². The van der Waals surface area contributed by atoms with Crippen molar-refractivity contribution in [3.05, 3.63) is 59.1 Å². The smallest absolute Gasteiger partial charge is 0.119 e. The second-order valence-electron chi connectivity index (χ2n) is 6.10. The van der Waals surface area contributed by atoms with Crippen molar-refractivity contribution in [2.75, 3.05) is 31.6 Å². The lowest BCUT2D eigenvalue weighted by molar-refractivity contribution is -0.864. The van der Waals surface area contributed by atoms with Gasteiger partial charge in [-0.3, -0.25) is 0 Å². The van der Waals surface area contributed by atoms with Gasteiger partial charge in [0.15, 0.2) is 0 Å². The van der Waals surface area contributed by atoms with Gasteiger partial charge in [-0.2, -0.15) is 0 Å². The van der Waals surface area contributed by atoms with Crippen LogP contribution in [0.3, 0.4) is 0 Å². The number of hydroxylamine groups is 3. The summed E-state index contributed by atoms with van der Waals surface area (Å²) in [5, 5.41) is 12.4. The lowest BCUT2D eigenvalue weighted by Gasteiger charge is -2.49. The average Bonchev–Trinajstić information content (AvgIpc) is 2.83. The molecule has 20 heavy (non-hydrogen) atoms. The minimum atomic E-state index is -0.144. The second kappa shape index (κ2) is 4.11. The van der Waals surface area contributed by atoms with Gasteiger partial charge >= 0.3 is 0 Å². The molecule has 2 unspecified atom stereocenters. The van der Waals surface area contributed by atoms with Gasteiger partial charge in [0.25, 0.3) is 0 Å². The van der Waals surface area contributed by atoms with Crippen molar-refractivity contribution >= 4 is 5.69 Å². The molecule has 0 aliphatic carbocycles. The molecule has 0 radical (unpaired) electrons. The first-order chi connectivity index (χ1) is 9.64. The molecule has 3 heterocycles. The minimum absolute atomic E-state index is 0.144. The fourth-order valence-electron chi connectivity index (χ4n) is 3.55. The highest BCUT2D eigenvalue weighted by Crippen LogP contribution is 2.37. The molecule has 4 rings (SSSR count). The van der Waals surface area contributed by atoms with Gasteiger partial charge < -0.3 is 19.3 Å². The van der Waals surface area contributed by atoms with E-state index in [9.17, 15) is 5.21 Å². The summed E-state index contributed by atoms with van der Waals surface area (Å²) in [4.78, 5) is 2.42. The van der Waals surface area contributed by atoms with Crippen LogP contribution in [0.2, 0.25) is 0 Å². The molecule has 0 spiro atoms. The van der Waals surface area contributed by atoms with Gasteiger partial charge in [-0.1, -0.05) is 18.2 Å². The fraction of sp³-hybridized carbons (Fsp3) is 0.375. The van der Waals surface area contributed by atoms with Crippen LogP contribution < -0.4 is 4.90 Å². The van der Waals surface area contributed by atoms with Crippen LogP contribution in [0.1, 0.15) is 17.3 Å². The van der Waals surface area contributed by atoms with Crippen LogP contribution in [-0.4, -0.2) is 35.9 Å². The summed E-state index contributed by atoms with van der Waals surface area (Å²) in [7, 11) is 1.79. The summed E-state index contributed by atoms with van der Waals surface area (Å²) in [6.07, 6.45) is 2.12. The van der Waals surface area contributed by atoms with Gasteiger partial charge in [-0.25, -0.2) is 0 Å². The Labute approximate surface area is 119 Å². The molecule has 0 N–H and O–H groups in total. The number of benzene rings is 1. The fourth-order valence-corrected chi connectivity index (χ4v) is 3.55. The standard InChI is InChI=1S/C16H19N3O/c1-19(20)10-9-18-14-6-3-2-5-13(14)11-17-8-4-7-15(17)16(18)12-19/h2-8,16H,9-12H2,1H3. The van der Waals surface area contributed by atoms with E-state index in [-0.39, 0.29) is 10.7 Å².